The summed E-state index contributed by atoms with van der Waals surface area (Å²) < 4.78 is 5.03. The molecule has 0 aromatic carbocycles. The molecule has 1 aromatic rings. The molecule has 0 radical (unpaired) electrons. The largest absolute Gasteiger partial charge is 0.467 e. The lowest BCUT2D eigenvalue weighted by Crippen LogP contribution is -2.46. The summed E-state index contributed by atoms with van der Waals surface area (Å²) in [6.07, 6.45) is 10.5. The van der Waals surface area contributed by atoms with Crippen LogP contribution in [0.4, 0.5) is 0 Å². The molecule has 0 saturated carbocycles. The average Bonchev–Trinajstić information content (AvgIpc) is 2.57. The maximum atomic E-state index is 5.03. The molecule has 3 rings (SSSR count). The number of rotatable bonds is 4. The number of likely N-dealkylation sites (tertiary alicyclic amines) is 1. The number of nitrogens with zero attached hydrogens (tertiary/aromatic N) is 3. The Morgan fingerprint density at radius 2 is 1.95 bits per heavy atom. The van der Waals surface area contributed by atoms with Crippen molar-refractivity contribution in [2.24, 2.45) is 5.92 Å². The third kappa shape index (κ3) is 3.71. The van der Waals surface area contributed by atoms with Gasteiger partial charge in [-0.3, -0.25) is 4.90 Å². The van der Waals surface area contributed by atoms with E-state index in [0.717, 1.165) is 18.5 Å². The minimum atomic E-state index is 0.451. The number of hydrogen-bond donors (Lipinski definition) is 1. The first-order chi connectivity index (χ1) is 10.4. The van der Waals surface area contributed by atoms with Gasteiger partial charge in [-0.15, -0.1) is 0 Å². The lowest BCUT2D eigenvalue weighted by atomic mass is 9.84. The second-order valence-electron chi connectivity index (χ2n) is 6.20. The Hall–Kier alpha value is -1.20. The zero-order chi connectivity index (χ0) is 14.5. The van der Waals surface area contributed by atoms with E-state index in [9.17, 15) is 0 Å². The highest BCUT2D eigenvalue weighted by Gasteiger charge is 2.30. The Morgan fingerprint density at radius 1 is 1.19 bits per heavy atom. The number of piperidine rings is 2. The first kappa shape index (κ1) is 14.7. The molecule has 21 heavy (non-hydrogen) atoms. The number of ether oxygens (including phenoxy) is 1. The molecule has 0 amide bonds. The van der Waals surface area contributed by atoms with Crippen LogP contribution in [0.1, 0.15) is 37.7 Å². The van der Waals surface area contributed by atoms with Crippen molar-refractivity contribution in [3.8, 4) is 6.01 Å². The molecule has 116 valence electrons. The summed E-state index contributed by atoms with van der Waals surface area (Å²) in [5, 5.41) is 3.48. The van der Waals surface area contributed by atoms with E-state index in [-0.39, 0.29) is 0 Å². The average molecular weight is 290 g/mol. The molecule has 2 aliphatic heterocycles. The van der Waals surface area contributed by atoms with Crippen LogP contribution in [0.3, 0.4) is 0 Å². The second-order valence-corrected chi connectivity index (χ2v) is 6.20. The van der Waals surface area contributed by atoms with Crippen LogP contribution in [0.15, 0.2) is 12.4 Å². The van der Waals surface area contributed by atoms with Gasteiger partial charge in [0.2, 0.25) is 0 Å². The van der Waals surface area contributed by atoms with Crippen LogP contribution >= 0.6 is 0 Å². The molecule has 5 heteroatoms. The van der Waals surface area contributed by atoms with E-state index in [4.69, 9.17) is 4.74 Å². The summed E-state index contributed by atoms with van der Waals surface area (Å²) in [5.74, 6) is 0.853. The third-order valence-corrected chi connectivity index (χ3v) is 4.84. The van der Waals surface area contributed by atoms with Crippen molar-refractivity contribution in [2.75, 3.05) is 26.7 Å². The number of hydrogen-bond acceptors (Lipinski definition) is 5. The number of nitrogens with one attached hydrogen (secondary N) is 1. The van der Waals surface area contributed by atoms with Crippen LogP contribution in [0, 0.1) is 5.92 Å². The molecule has 2 aliphatic rings. The van der Waals surface area contributed by atoms with Crippen LogP contribution in [-0.4, -0.2) is 47.7 Å². The van der Waals surface area contributed by atoms with E-state index in [2.05, 4.69) is 20.2 Å². The summed E-state index contributed by atoms with van der Waals surface area (Å²) in [6, 6.07) is 1.19. The molecular weight excluding hydrogens is 264 g/mol. The van der Waals surface area contributed by atoms with Crippen LogP contribution in [0.25, 0.3) is 0 Å². The van der Waals surface area contributed by atoms with Crippen molar-refractivity contribution in [1.82, 2.24) is 20.2 Å². The zero-order valence-corrected chi connectivity index (χ0v) is 12.9. The van der Waals surface area contributed by atoms with Gasteiger partial charge in [-0.2, -0.15) is 0 Å². The lowest BCUT2D eigenvalue weighted by Gasteiger charge is -2.42. The van der Waals surface area contributed by atoms with Crippen molar-refractivity contribution in [2.45, 2.75) is 44.7 Å². The quantitative estimate of drug-likeness (QED) is 0.917. The van der Waals surface area contributed by atoms with Gasteiger partial charge >= 0.3 is 6.01 Å². The minimum Gasteiger partial charge on any atom is -0.467 e. The molecule has 0 spiro atoms. The molecule has 1 unspecified atom stereocenters. The monoisotopic (exact) mass is 290 g/mol. The minimum absolute atomic E-state index is 0.451. The standard InChI is InChI=1S/C16H26N4O/c1-21-16-18-10-13(11-19-16)12-20-9-3-2-4-15(20)14-5-7-17-8-6-14/h10-11,14-15,17H,2-9,12H2,1H3. The third-order valence-electron chi connectivity index (χ3n) is 4.84. The highest BCUT2D eigenvalue weighted by atomic mass is 16.5. The maximum Gasteiger partial charge on any atom is 0.316 e. The van der Waals surface area contributed by atoms with Gasteiger partial charge in [-0.1, -0.05) is 6.42 Å². The highest BCUT2D eigenvalue weighted by molar-refractivity contribution is 5.08. The zero-order valence-electron chi connectivity index (χ0n) is 12.9. The Bertz CT molecular complexity index is 430. The van der Waals surface area contributed by atoms with Crippen LogP contribution in [0.5, 0.6) is 6.01 Å². The van der Waals surface area contributed by atoms with Crippen LogP contribution < -0.4 is 10.1 Å². The molecular formula is C16H26N4O. The molecule has 2 saturated heterocycles. The lowest BCUT2D eigenvalue weighted by molar-refractivity contribution is 0.0775. The highest BCUT2D eigenvalue weighted by Crippen LogP contribution is 2.29. The fourth-order valence-corrected chi connectivity index (χ4v) is 3.74. The van der Waals surface area contributed by atoms with Gasteiger partial charge < -0.3 is 10.1 Å². The Balaban J connectivity index is 1.65. The summed E-state index contributed by atoms with van der Waals surface area (Å²) in [6.45, 7) is 4.54. The van der Waals surface area contributed by atoms with E-state index in [0.29, 0.717) is 6.01 Å². The molecule has 2 fully saturated rings. The summed E-state index contributed by atoms with van der Waals surface area (Å²) in [5.41, 5.74) is 1.19. The second kappa shape index (κ2) is 7.18. The first-order valence-corrected chi connectivity index (χ1v) is 8.16. The summed E-state index contributed by atoms with van der Waals surface area (Å²) >= 11 is 0. The molecule has 0 aliphatic carbocycles. The Labute approximate surface area is 127 Å². The molecule has 1 N–H and O–H groups in total. The SMILES string of the molecule is COc1ncc(CN2CCCCC2C2CCNCC2)cn1. The number of aromatic nitrogens is 2. The molecule has 0 bridgehead atoms. The van der Waals surface area contributed by atoms with Gasteiger partial charge in [-0.25, -0.2) is 9.97 Å². The maximum absolute atomic E-state index is 5.03. The first-order valence-electron chi connectivity index (χ1n) is 8.16. The van der Waals surface area contributed by atoms with Crippen molar-refractivity contribution in [3.05, 3.63) is 18.0 Å². The summed E-state index contributed by atoms with van der Waals surface area (Å²) in [7, 11) is 1.60. The molecule has 3 heterocycles. The fraction of sp³-hybridized carbons (Fsp3) is 0.750. The predicted octanol–water partition coefficient (Wildman–Crippen LogP) is 1.84. The van der Waals surface area contributed by atoms with Gasteiger partial charge in [0.05, 0.1) is 7.11 Å². The van der Waals surface area contributed by atoms with Crippen LogP contribution in [-0.2, 0) is 6.54 Å². The van der Waals surface area contributed by atoms with Crippen molar-refractivity contribution in [3.63, 3.8) is 0 Å². The normalized spacial score (nSPS) is 24.9. The van der Waals surface area contributed by atoms with E-state index >= 15 is 0 Å². The van der Waals surface area contributed by atoms with Crippen molar-refractivity contribution < 1.29 is 4.74 Å². The molecule has 1 aromatic heterocycles. The van der Waals surface area contributed by atoms with E-state index in [1.165, 1.54) is 57.3 Å². The number of methoxy groups -OCH3 is 1. The summed E-state index contributed by atoms with van der Waals surface area (Å²) in [4.78, 5) is 11.1. The van der Waals surface area contributed by atoms with Gasteiger partial charge in [0.1, 0.15) is 0 Å². The molecule has 1 atom stereocenters. The van der Waals surface area contributed by atoms with Gasteiger partial charge in [-0.05, 0) is 51.2 Å². The van der Waals surface area contributed by atoms with Gasteiger partial charge in [0, 0.05) is 30.5 Å². The smallest absolute Gasteiger partial charge is 0.316 e. The predicted molar refractivity (Wildman–Crippen MR) is 82.2 cm³/mol. The van der Waals surface area contributed by atoms with E-state index < -0.39 is 0 Å². The van der Waals surface area contributed by atoms with E-state index in [1.807, 2.05) is 12.4 Å². The Morgan fingerprint density at radius 3 is 2.67 bits per heavy atom. The van der Waals surface area contributed by atoms with Crippen LogP contribution in [0.2, 0.25) is 0 Å². The Kier molecular flexibility index (Phi) is 5.04. The molecule has 5 nitrogen and oxygen atoms in total. The van der Waals surface area contributed by atoms with E-state index in [1.54, 1.807) is 7.11 Å². The fourth-order valence-electron chi connectivity index (χ4n) is 3.74. The van der Waals surface area contributed by atoms with Gasteiger partial charge in [0.25, 0.3) is 0 Å². The van der Waals surface area contributed by atoms with Gasteiger partial charge in [0.15, 0.2) is 0 Å². The van der Waals surface area contributed by atoms with Crippen molar-refractivity contribution >= 4 is 0 Å². The topological polar surface area (TPSA) is 50.3 Å². The van der Waals surface area contributed by atoms with Crippen molar-refractivity contribution in [1.29, 1.82) is 0 Å².